The fraction of sp³-hybridized carbons (Fsp3) is 0.455. The van der Waals surface area contributed by atoms with Crippen molar-refractivity contribution < 1.29 is 13.2 Å². The number of nitrogens with two attached hydrogens (primary N) is 1. The highest BCUT2D eigenvalue weighted by molar-refractivity contribution is 9.10. The third-order valence-corrected chi connectivity index (χ3v) is 4.25. The molecule has 1 atom stereocenters. The summed E-state index contributed by atoms with van der Waals surface area (Å²) >= 11 is 3.32. The highest BCUT2D eigenvalue weighted by Gasteiger charge is 2.19. The number of halogens is 1. The van der Waals surface area contributed by atoms with Gasteiger partial charge in [0.05, 0.1) is 11.6 Å². The van der Waals surface area contributed by atoms with Crippen LogP contribution in [0.5, 0.6) is 5.75 Å². The van der Waals surface area contributed by atoms with Gasteiger partial charge in [-0.3, -0.25) is 0 Å². The maximum atomic E-state index is 11.7. The Hall–Kier alpha value is -0.590. The molecule has 2 N–H and O–H groups in total. The van der Waals surface area contributed by atoms with Gasteiger partial charge in [-0.25, -0.2) is 8.42 Å². The average molecular weight is 322 g/mol. The molecule has 96 valence electrons. The van der Waals surface area contributed by atoms with Crippen LogP contribution in [0.15, 0.2) is 21.5 Å². The lowest BCUT2D eigenvalue weighted by molar-refractivity contribution is 0.399. The van der Waals surface area contributed by atoms with Crippen molar-refractivity contribution in [3.8, 4) is 5.75 Å². The van der Waals surface area contributed by atoms with Crippen molar-refractivity contribution in [2.45, 2.75) is 17.7 Å². The van der Waals surface area contributed by atoms with Crippen LogP contribution in [-0.2, 0) is 9.84 Å². The molecule has 1 rings (SSSR count). The second-order valence-corrected chi connectivity index (χ2v) is 6.78. The van der Waals surface area contributed by atoms with E-state index in [0.29, 0.717) is 16.8 Å². The van der Waals surface area contributed by atoms with Gasteiger partial charge in [0.1, 0.15) is 4.90 Å². The Bertz CT molecular complexity index is 514. The second-order valence-electron chi connectivity index (χ2n) is 3.94. The largest absolute Gasteiger partial charge is 0.494 e. The Balaban J connectivity index is 3.50. The third kappa shape index (κ3) is 3.20. The SMILES string of the molecule is COc1c(Br)cc(C(C)CN)cc1S(C)(=O)=O. The van der Waals surface area contributed by atoms with E-state index in [0.717, 1.165) is 11.8 Å². The zero-order valence-corrected chi connectivity index (χ0v) is 12.4. The van der Waals surface area contributed by atoms with Crippen LogP contribution >= 0.6 is 15.9 Å². The van der Waals surface area contributed by atoms with Gasteiger partial charge in [0, 0.05) is 6.26 Å². The zero-order chi connectivity index (χ0) is 13.2. The minimum atomic E-state index is -3.33. The summed E-state index contributed by atoms with van der Waals surface area (Å²) in [5, 5.41) is 0. The predicted octanol–water partition coefficient (Wildman–Crippen LogP) is 1.92. The summed E-state index contributed by atoms with van der Waals surface area (Å²) in [7, 11) is -1.88. The number of hydrogen-bond acceptors (Lipinski definition) is 4. The number of rotatable bonds is 4. The van der Waals surface area contributed by atoms with Gasteiger partial charge >= 0.3 is 0 Å². The Morgan fingerprint density at radius 2 is 2.06 bits per heavy atom. The second kappa shape index (κ2) is 5.37. The molecule has 17 heavy (non-hydrogen) atoms. The predicted molar refractivity (Wildman–Crippen MR) is 71.3 cm³/mol. The molecule has 0 aliphatic carbocycles. The number of benzene rings is 1. The maximum absolute atomic E-state index is 11.7. The first-order valence-corrected chi connectivity index (χ1v) is 7.77. The molecule has 0 fully saturated rings. The third-order valence-electron chi connectivity index (χ3n) is 2.56. The van der Waals surface area contributed by atoms with Gasteiger partial charge in [-0.1, -0.05) is 6.92 Å². The standard InChI is InChI=1S/C11H16BrNO3S/c1-7(6-13)8-4-9(12)11(16-2)10(5-8)17(3,14)15/h4-5,7H,6,13H2,1-3H3. The van der Waals surface area contributed by atoms with E-state index in [1.807, 2.05) is 13.0 Å². The molecule has 0 heterocycles. The van der Waals surface area contributed by atoms with E-state index in [4.69, 9.17) is 10.5 Å². The normalized spacial score (nSPS) is 13.5. The molecule has 0 saturated carbocycles. The Labute approximate surface area is 110 Å². The molecule has 0 amide bonds. The van der Waals surface area contributed by atoms with Crippen LogP contribution in [-0.4, -0.2) is 28.3 Å². The summed E-state index contributed by atoms with van der Waals surface area (Å²) in [4.78, 5) is 0.185. The van der Waals surface area contributed by atoms with E-state index in [1.54, 1.807) is 6.07 Å². The first-order chi connectivity index (χ1) is 7.81. The lowest BCUT2D eigenvalue weighted by Gasteiger charge is -2.15. The van der Waals surface area contributed by atoms with Crippen LogP contribution in [0.1, 0.15) is 18.4 Å². The minimum absolute atomic E-state index is 0.0951. The lowest BCUT2D eigenvalue weighted by Crippen LogP contribution is -2.10. The molecule has 6 heteroatoms. The van der Waals surface area contributed by atoms with Gasteiger partial charge in [-0.2, -0.15) is 0 Å². The molecule has 0 aliphatic heterocycles. The summed E-state index contributed by atoms with van der Waals surface area (Å²) < 4.78 is 29.1. The van der Waals surface area contributed by atoms with Gasteiger partial charge in [0.25, 0.3) is 0 Å². The average Bonchev–Trinajstić information content (AvgIpc) is 2.25. The topological polar surface area (TPSA) is 69.4 Å². The van der Waals surface area contributed by atoms with E-state index >= 15 is 0 Å². The van der Waals surface area contributed by atoms with Crippen LogP contribution in [0.2, 0.25) is 0 Å². The fourth-order valence-corrected chi connectivity index (χ4v) is 3.13. The molecular formula is C11H16BrNO3S. The van der Waals surface area contributed by atoms with Crippen molar-refractivity contribution in [3.05, 3.63) is 22.2 Å². The number of hydrogen-bond donors (Lipinski definition) is 1. The van der Waals surface area contributed by atoms with Crippen molar-refractivity contribution in [1.29, 1.82) is 0 Å². The van der Waals surface area contributed by atoms with Gasteiger partial charge < -0.3 is 10.5 Å². The van der Waals surface area contributed by atoms with Crippen LogP contribution in [0, 0.1) is 0 Å². The number of ether oxygens (including phenoxy) is 1. The summed E-state index contributed by atoms with van der Waals surface area (Å²) in [5.41, 5.74) is 6.46. The first-order valence-electron chi connectivity index (χ1n) is 5.08. The van der Waals surface area contributed by atoms with E-state index in [1.165, 1.54) is 7.11 Å². The molecule has 0 radical (unpaired) electrons. The minimum Gasteiger partial charge on any atom is -0.494 e. The monoisotopic (exact) mass is 321 g/mol. The molecule has 0 spiro atoms. The van der Waals surface area contributed by atoms with Crippen molar-refractivity contribution in [1.82, 2.24) is 0 Å². The highest BCUT2D eigenvalue weighted by Crippen LogP contribution is 2.35. The van der Waals surface area contributed by atoms with Gasteiger partial charge in [0.2, 0.25) is 0 Å². The first kappa shape index (κ1) is 14.5. The van der Waals surface area contributed by atoms with E-state index in [-0.39, 0.29) is 10.8 Å². The zero-order valence-electron chi connectivity index (χ0n) is 10.0. The van der Waals surface area contributed by atoms with Crippen molar-refractivity contribution >= 4 is 25.8 Å². The van der Waals surface area contributed by atoms with Crippen molar-refractivity contribution in [2.75, 3.05) is 19.9 Å². The number of methoxy groups -OCH3 is 1. The highest BCUT2D eigenvalue weighted by atomic mass is 79.9. The molecule has 0 bridgehead atoms. The van der Waals surface area contributed by atoms with Gasteiger partial charge in [0.15, 0.2) is 15.6 Å². The van der Waals surface area contributed by atoms with Crippen molar-refractivity contribution in [3.63, 3.8) is 0 Å². The lowest BCUT2D eigenvalue weighted by atomic mass is 10.0. The molecule has 0 aromatic heterocycles. The summed E-state index contributed by atoms with van der Waals surface area (Å²) in [6, 6.07) is 3.46. The Morgan fingerprint density at radius 3 is 2.47 bits per heavy atom. The Morgan fingerprint density at radius 1 is 1.47 bits per heavy atom. The molecule has 0 saturated heterocycles. The smallest absolute Gasteiger partial charge is 0.179 e. The molecule has 4 nitrogen and oxygen atoms in total. The van der Waals surface area contributed by atoms with Crippen LogP contribution in [0.4, 0.5) is 0 Å². The van der Waals surface area contributed by atoms with Crippen LogP contribution in [0.25, 0.3) is 0 Å². The molecular weight excluding hydrogens is 306 g/mol. The number of sulfone groups is 1. The van der Waals surface area contributed by atoms with Gasteiger partial charge in [-0.05, 0) is 46.1 Å². The quantitative estimate of drug-likeness (QED) is 0.919. The van der Waals surface area contributed by atoms with E-state index < -0.39 is 9.84 Å². The summed E-state index contributed by atoms with van der Waals surface area (Å²) in [6.07, 6.45) is 1.16. The summed E-state index contributed by atoms with van der Waals surface area (Å²) in [6.45, 7) is 2.41. The summed E-state index contributed by atoms with van der Waals surface area (Å²) in [5.74, 6) is 0.429. The van der Waals surface area contributed by atoms with E-state index in [9.17, 15) is 8.42 Å². The molecule has 1 aromatic rings. The fourth-order valence-electron chi connectivity index (χ4n) is 1.48. The van der Waals surface area contributed by atoms with Gasteiger partial charge in [-0.15, -0.1) is 0 Å². The molecule has 1 aromatic carbocycles. The van der Waals surface area contributed by atoms with Crippen LogP contribution in [0.3, 0.4) is 0 Å². The Kier molecular flexibility index (Phi) is 4.57. The van der Waals surface area contributed by atoms with E-state index in [2.05, 4.69) is 15.9 Å². The molecule has 1 unspecified atom stereocenters. The van der Waals surface area contributed by atoms with Crippen molar-refractivity contribution in [2.24, 2.45) is 5.73 Å². The van der Waals surface area contributed by atoms with Crippen LogP contribution < -0.4 is 10.5 Å². The maximum Gasteiger partial charge on any atom is 0.179 e. The molecule has 0 aliphatic rings.